The van der Waals surface area contributed by atoms with Gasteiger partial charge in [-0.2, -0.15) is 0 Å². The first-order valence-electron chi connectivity index (χ1n) is 6.85. The summed E-state index contributed by atoms with van der Waals surface area (Å²) in [5, 5.41) is 1.15. The number of para-hydroxylation sites is 1. The van der Waals surface area contributed by atoms with Gasteiger partial charge in [0.2, 0.25) is 0 Å². The predicted octanol–water partition coefficient (Wildman–Crippen LogP) is 4.11. The Morgan fingerprint density at radius 3 is 2.56 bits per heavy atom. The molecule has 3 heteroatoms. The quantitative estimate of drug-likeness (QED) is 0.784. The third-order valence-corrected chi connectivity index (χ3v) is 5.28. The van der Waals surface area contributed by atoms with Crippen molar-refractivity contribution in [1.82, 2.24) is 4.98 Å². The summed E-state index contributed by atoms with van der Waals surface area (Å²) in [6.07, 6.45) is 7.31. The molecule has 18 heavy (non-hydrogen) atoms. The molecule has 0 aliphatic heterocycles. The Hall–Kier alpha value is -0.930. The van der Waals surface area contributed by atoms with E-state index in [4.69, 9.17) is 10.7 Å². The standard InChI is InChI=1S/C15H20N2S/c1-11-7-6-8-12-13(11)17-14(18-12)15(16)9-4-2-3-5-10-15/h6-8H,2-5,9-10,16H2,1H3. The van der Waals surface area contributed by atoms with E-state index < -0.39 is 0 Å². The van der Waals surface area contributed by atoms with Crippen LogP contribution in [0.3, 0.4) is 0 Å². The van der Waals surface area contributed by atoms with Crippen molar-refractivity contribution in [1.29, 1.82) is 0 Å². The minimum Gasteiger partial charge on any atom is -0.319 e. The van der Waals surface area contributed by atoms with Crippen LogP contribution in [0.15, 0.2) is 18.2 Å². The largest absolute Gasteiger partial charge is 0.319 e. The Balaban J connectivity index is 2.05. The lowest BCUT2D eigenvalue weighted by Crippen LogP contribution is -2.35. The first-order valence-corrected chi connectivity index (χ1v) is 7.66. The number of rotatable bonds is 1. The smallest absolute Gasteiger partial charge is 0.114 e. The summed E-state index contributed by atoms with van der Waals surface area (Å²) in [6.45, 7) is 2.13. The minimum absolute atomic E-state index is 0.174. The van der Waals surface area contributed by atoms with E-state index in [1.54, 1.807) is 11.3 Å². The maximum absolute atomic E-state index is 6.64. The van der Waals surface area contributed by atoms with Gasteiger partial charge in [0, 0.05) is 0 Å². The van der Waals surface area contributed by atoms with Crippen LogP contribution in [0.2, 0.25) is 0 Å². The number of benzene rings is 1. The van der Waals surface area contributed by atoms with Gasteiger partial charge in [0.1, 0.15) is 5.01 Å². The maximum Gasteiger partial charge on any atom is 0.114 e. The number of fused-ring (bicyclic) bond motifs is 1. The molecule has 1 aliphatic carbocycles. The summed E-state index contributed by atoms with van der Waals surface area (Å²) in [7, 11) is 0. The SMILES string of the molecule is Cc1cccc2sc(C3(N)CCCCCC3)nc12. The van der Waals surface area contributed by atoms with Crippen molar-refractivity contribution in [3.05, 3.63) is 28.8 Å². The van der Waals surface area contributed by atoms with Crippen LogP contribution in [0.4, 0.5) is 0 Å². The van der Waals surface area contributed by atoms with E-state index in [2.05, 4.69) is 25.1 Å². The lowest BCUT2D eigenvalue weighted by Gasteiger charge is -2.25. The highest BCUT2D eigenvalue weighted by molar-refractivity contribution is 7.18. The number of aromatic nitrogens is 1. The molecular formula is C15H20N2S. The first kappa shape index (κ1) is 12.1. The molecule has 1 aromatic heterocycles. The molecule has 1 fully saturated rings. The van der Waals surface area contributed by atoms with E-state index in [-0.39, 0.29) is 5.54 Å². The Bertz CT molecular complexity index is 551. The Labute approximate surface area is 112 Å². The number of nitrogens with zero attached hydrogens (tertiary/aromatic N) is 1. The summed E-state index contributed by atoms with van der Waals surface area (Å²) in [4.78, 5) is 4.84. The van der Waals surface area contributed by atoms with E-state index >= 15 is 0 Å². The average molecular weight is 260 g/mol. The normalized spacial score (nSPS) is 19.9. The van der Waals surface area contributed by atoms with Gasteiger partial charge in [-0.3, -0.25) is 0 Å². The second kappa shape index (κ2) is 4.63. The fraction of sp³-hybridized carbons (Fsp3) is 0.533. The van der Waals surface area contributed by atoms with Crippen LogP contribution < -0.4 is 5.73 Å². The lowest BCUT2D eigenvalue weighted by molar-refractivity contribution is 0.384. The van der Waals surface area contributed by atoms with Crippen molar-refractivity contribution >= 4 is 21.6 Å². The van der Waals surface area contributed by atoms with E-state index in [0.717, 1.165) is 23.4 Å². The van der Waals surface area contributed by atoms with Gasteiger partial charge in [0.25, 0.3) is 0 Å². The maximum atomic E-state index is 6.64. The molecule has 1 heterocycles. The van der Waals surface area contributed by atoms with Gasteiger partial charge in [0.05, 0.1) is 15.8 Å². The van der Waals surface area contributed by atoms with Crippen LogP contribution in [0.5, 0.6) is 0 Å². The zero-order valence-electron chi connectivity index (χ0n) is 10.9. The first-order chi connectivity index (χ1) is 8.69. The van der Waals surface area contributed by atoms with Crippen molar-refractivity contribution in [2.45, 2.75) is 51.0 Å². The molecule has 96 valence electrons. The third kappa shape index (κ3) is 2.06. The molecule has 0 saturated heterocycles. The van der Waals surface area contributed by atoms with Crippen molar-refractivity contribution in [3.8, 4) is 0 Å². The second-order valence-electron chi connectivity index (χ2n) is 5.51. The van der Waals surface area contributed by atoms with Gasteiger partial charge in [0.15, 0.2) is 0 Å². The molecule has 0 bridgehead atoms. The van der Waals surface area contributed by atoms with Crippen LogP contribution in [0, 0.1) is 6.92 Å². The number of thiazole rings is 1. The predicted molar refractivity (Wildman–Crippen MR) is 77.9 cm³/mol. The molecule has 1 aliphatic rings. The molecule has 0 radical (unpaired) electrons. The van der Waals surface area contributed by atoms with Gasteiger partial charge >= 0.3 is 0 Å². The summed E-state index contributed by atoms with van der Waals surface area (Å²) in [6, 6.07) is 6.39. The summed E-state index contributed by atoms with van der Waals surface area (Å²) < 4.78 is 1.28. The van der Waals surface area contributed by atoms with Crippen LogP contribution in [0.25, 0.3) is 10.2 Å². The molecule has 0 spiro atoms. The van der Waals surface area contributed by atoms with Crippen molar-refractivity contribution in [3.63, 3.8) is 0 Å². The molecule has 3 rings (SSSR count). The number of hydrogen-bond donors (Lipinski definition) is 1. The molecule has 1 saturated carbocycles. The van der Waals surface area contributed by atoms with Gasteiger partial charge in [-0.25, -0.2) is 4.98 Å². The van der Waals surface area contributed by atoms with Crippen LogP contribution in [-0.2, 0) is 5.54 Å². The third-order valence-electron chi connectivity index (χ3n) is 4.04. The average Bonchev–Trinajstić information content (AvgIpc) is 2.69. The van der Waals surface area contributed by atoms with Crippen LogP contribution in [0.1, 0.15) is 49.1 Å². The highest BCUT2D eigenvalue weighted by Gasteiger charge is 2.31. The van der Waals surface area contributed by atoms with E-state index in [9.17, 15) is 0 Å². The Morgan fingerprint density at radius 2 is 1.89 bits per heavy atom. The van der Waals surface area contributed by atoms with Gasteiger partial charge in [-0.1, -0.05) is 37.8 Å². The Morgan fingerprint density at radius 1 is 1.17 bits per heavy atom. The van der Waals surface area contributed by atoms with Gasteiger partial charge < -0.3 is 5.73 Å². The molecular weight excluding hydrogens is 240 g/mol. The van der Waals surface area contributed by atoms with Crippen LogP contribution >= 0.6 is 11.3 Å². The molecule has 0 amide bonds. The summed E-state index contributed by atoms with van der Waals surface area (Å²) in [5.74, 6) is 0. The zero-order chi connectivity index (χ0) is 12.6. The van der Waals surface area contributed by atoms with Crippen molar-refractivity contribution < 1.29 is 0 Å². The van der Waals surface area contributed by atoms with E-state index in [1.165, 1.54) is 35.9 Å². The molecule has 1 aromatic carbocycles. The lowest BCUT2D eigenvalue weighted by atomic mass is 9.92. The van der Waals surface area contributed by atoms with E-state index in [0.29, 0.717) is 0 Å². The topological polar surface area (TPSA) is 38.9 Å². The molecule has 0 unspecified atom stereocenters. The zero-order valence-corrected chi connectivity index (χ0v) is 11.7. The number of nitrogens with two attached hydrogens (primary N) is 1. The molecule has 0 atom stereocenters. The summed E-state index contributed by atoms with van der Waals surface area (Å²) >= 11 is 1.79. The van der Waals surface area contributed by atoms with Gasteiger partial charge in [-0.15, -0.1) is 11.3 Å². The molecule has 2 aromatic rings. The fourth-order valence-electron chi connectivity index (χ4n) is 2.87. The highest BCUT2D eigenvalue weighted by atomic mass is 32.1. The molecule has 2 nitrogen and oxygen atoms in total. The number of aryl methyl sites for hydroxylation is 1. The monoisotopic (exact) mass is 260 g/mol. The van der Waals surface area contributed by atoms with Gasteiger partial charge in [-0.05, 0) is 31.4 Å². The van der Waals surface area contributed by atoms with Crippen molar-refractivity contribution in [2.75, 3.05) is 0 Å². The van der Waals surface area contributed by atoms with E-state index in [1.807, 2.05) is 0 Å². The Kier molecular flexibility index (Phi) is 3.12. The van der Waals surface area contributed by atoms with Crippen LogP contribution in [-0.4, -0.2) is 4.98 Å². The highest BCUT2D eigenvalue weighted by Crippen LogP contribution is 2.38. The number of hydrogen-bond acceptors (Lipinski definition) is 3. The molecule has 2 N–H and O–H groups in total. The van der Waals surface area contributed by atoms with Crippen molar-refractivity contribution in [2.24, 2.45) is 5.73 Å². The summed E-state index contributed by atoms with van der Waals surface area (Å²) in [5.41, 5.74) is 8.87. The fourth-order valence-corrected chi connectivity index (χ4v) is 4.08. The minimum atomic E-state index is -0.174. The second-order valence-corrected chi connectivity index (χ2v) is 6.54.